The molecular formula is C17H19NO. The first-order valence-corrected chi connectivity index (χ1v) is 6.84. The van der Waals surface area contributed by atoms with Crippen LogP contribution in [0.1, 0.15) is 22.7 Å². The maximum absolute atomic E-state index is 9.57. The summed E-state index contributed by atoms with van der Waals surface area (Å²) < 4.78 is 0. The van der Waals surface area contributed by atoms with Gasteiger partial charge in [0.1, 0.15) is 0 Å². The Morgan fingerprint density at radius 2 is 1.74 bits per heavy atom. The van der Waals surface area contributed by atoms with Gasteiger partial charge in [-0.1, -0.05) is 54.6 Å². The lowest BCUT2D eigenvalue weighted by Crippen LogP contribution is -2.27. The van der Waals surface area contributed by atoms with Crippen LogP contribution in [0.3, 0.4) is 0 Å². The maximum atomic E-state index is 9.57. The van der Waals surface area contributed by atoms with Gasteiger partial charge in [0, 0.05) is 25.1 Å². The quantitative estimate of drug-likeness (QED) is 0.878. The summed E-state index contributed by atoms with van der Waals surface area (Å²) in [4.78, 5) is 0. The molecule has 2 atom stereocenters. The molecule has 0 saturated carbocycles. The first-order valence-electron chi connectivity index (χ1n) is 6.84. The van der Waals surface area contributed by atoms with Gasteiger partial charge in [0.2, 0.25) is 0 Å². The summed E-state index contributed by atoms with van der Waals surface area (Å²) in [5.41, 5.74) is 3.99. The molecule has 2 aromatic rings. The van der Waals surface area contributed by atoms with E-state index in [4.69, 9.17) is 0 Å². The molecule has 2 N–H and O–H groups in total. The van der Waals surface area contributed by atoms with Crippen molar-refractivity contribution in [2.24, 2.45) is 5.92 Å². The van der Waals surface area contributed by atoms with Crippen molar-refractivity contribution in [1.29, 1.82) is 0 Å². The lowest BCUT2D eigenvalue weighted by Gasteiger charge is -2.20. The van der Waals surface area contributed by atoms with Crippen LogP contribution >= 0.6 is 0 Å². The summed E-state index contributed by atoms with van der Waals surface area (Å²) in [6.07, 6.45) is 0.971. The van der Waals surface area contributed by atoms with E-state index in [1.807, 2.05) is 6.07 Å². The summed E-state index contributed by atoms with van der Waals surface area (Å²) in [5.74, 6) is 0.293. The Bertz CT molecular complexity index is 538. The Kier molecular flexibility index (Phi) is 3.62. The number of hydrogen-bond donors (Lipinski definition) is 2. The van der Waals surface area contributed by atoms with Crippen molar-refractivity contribution in [3.05, 3.63) is 71.3 Å². The molecule has 3 rings (SSSR count). The Labute approximate surface area is 114 Å². The van der Waals surface area contributed by atoms with Gasteiger partial charge in [0.05, 0.1) is 0 Å². The van der Waals surface area contributed by atoms with E-state index < -0.39 is 0 Å². The Balaban J connectivity index is 1.75. The zero-order valence-electron chi connectivity index (χ0n) is 10.9. The lowest BCUT2D eigenvalue weighted by molar-refractivity contribution is 0.199. The van der Waals surface area contributed by atoms with Crippen molar-refractivity contribution in [1.82, 2.24) is 5.32 Å². The molecule has 0 heterocycles. The number of benzene rings is 2. The van der Waals surface area contributed by atoms with Gasteiger partial charge in [0.25, 0.3) is 0 Å². The van der Waals surface area contributed by atoms with Gasteiger partial charge in [-0.05, 0) is 23.1 Å². The number of fused-ring (bicyclic) bond motifs is 1. The average molecular weight is 253 g/mol. The second-order valence-corrected chi connectivity index (χ2v) is 5.19. The maximum Gasteiger partial charge on any atom is 0.0480 e. The van der Waals surface area contributed by atoms with Crippen molar-refractivity contribution in [3.8, 4) is 0 Å². The SMILES string of the molecule is OC[C@H]1Cc2ccccc2[C@H]1NCc1ccccc1. The normalized spacial score (nSPS) is 21.3. The van der Waals surface area contributed by atoms with Crippen LogP contribution in [0.4, 0.5) is 0 Å². The van der Waals surface area contributed by atoms with Crippen LogP contribution in [-0.2, 0) is 13.0 Å². The van der Waals surface area contributed by atoms with Crippen LogP contribution in [0.25, 0.3) is 0 Å². The van der Waals surface area contributed by atoms with Gasteiger partial charge in [-0.15, -0.1) is 0 Å². The molecule has 0 bridgehead atoms. The molecule has 2 heteroatoms. The summed E-state index contributed by atoms with van der Waals surface area (Å²) in [7, 11) is 0. The van der Waals surface area contributed by atoms with E-state index in [-0.39, 0.29) is 12.6 Å². The minimum atomic E-state index is 0.237. The summed E-state index contributed by atoms with van der Waals surface area (Å²) in [5, 5.41) is 13.2. The molecule has 0 aromatic heterocycles. The largest absolute Gasteiger partial charge is 0.396 e. The van der Waals surface area contributed by atoms with Crippen molar-refractivity contribution in [3.63, 3.8) is 0 Å². The van der Waals surface area contributed by atoms with Gasteiger partial charge in [-0.2, -0.15) is 0 Å². The first kappa shape index (κ1) is 12.4. The fraction of sp³-hybridized carbons (Fsp3) is 0.294. The van der Waals surface area contributed by atoms with Gasteiger partial charge in [0.15, 0.2) is 0 Å². The molecule has 0 aliphatic heterocycles. The zero-order chi connectivity index (χ0) is 13.1. The van der Waals surface area contributed by atoms with Crippen molar-refractivity contribution in [2.75, 3.05) is 6.61 Å². The highest BCUT2D eigenvalue weighted by atomic mass is 16.3. The average Bonchev–Trinajstić information content (AvgIpc) is 2.84. The van der Waals surface area contributed by atoms with Gasteiger partial charge < -0.3 is 10.4 Å². The van der Waals surface area contributed by atoms with E-state index in [9.17, 15) is 5.11 Å². The highest BCUT2D eigenvalue weighted by molar-refractivity contribution is 5.36. The van der Waals surface area contributed by atoms with Gasteiger partial charge in [-0.3, -0.25) is 0 Å². The highest BCUT2D eigenvalue weighted by Crippen LogP contribution is 2.35. The number of rotatable bonds is 4. The predicted octanol–water partition coefficient (Wildman–Crippen LogP) is 2.68. The molecule has 19 heavy (non-hydrogen) atoms. The standard InChI is InChI=1S/C17H19NO/c19-12-15-10-14-8-4-5-9-16(14)17(15)18-11-13-6-2-1-3-7-13/h1-9,15,17-19H,10-12H2/t15-,17+/m1/s1. The van der Waals surface area contributed by atoms with E-state index >= 15 is 0 Å². The zero-order valence-corrected chi connectivity index (χ0v) is 10.9. The molecule has 0 spiro atoms. The van der Waals surface area contributed by atoms with E-state index in [1.165, 1.54) is 16.7 Å². The van der Waals surface area contributed by atoms with E-state index in [1.54, 1.807) is 0 Å². The monoisotopic (exact) mass is 253 g/mol. The smallest absolute Gasteiger partial charge is 0.0480 e. The second-order valence-electron chi connectivity index (χ2n) is 5.19. The molecule has 2 aromatic carbocycles. The molecule has 98 valence electrons. The molecule has 0 unspecified atom stereocenters. The minimum Gasteiger partial charge on any atom is -0.396 e. The van der Waals surface area contributed by atoms with Gasteiger partial charge in [-0.25, -0.2) is 0 Å². The van der Waals surface area contributed by atoms with E-state index in [0.717, 1.165) is 13.0 Å². The molecule has 0 amide bonds. The van der Waals surface area contributed by atoms with E-state index in [2.05, 4.69) is 53.8 Å². The van der Waals surface area contributed by atoms with Gasteiger partial charge >= 0.3 is 0 Å². The van der Waals surface area contributed by atoms with Crippen LogP contribution in [0.2, 0.25) is 0 Å². The van der Waals surface area contributed by atoms with Crippen LogP contribution in [0.15, 0.2) is 54.6 Å². The topological polar surface area (TPSA) is 32.3 Å². The molecule has 0 fully saturated rings. The number of nitrogens with one attached hydrogen (secondary N) is 1. The summed E-state index contributed by atoms with van der Waals surface area (Å²) >= 11 is 0. The van der Waals surface area contributed by atoms with Crippen molar-refractivity contribution in [2.45, 2.75) is 19.0 Å². The fourth-order valence-corrected chi connectivity index (χ4v) is 2.95. The molecule has 0 radical (unpaired) electrons. The van der Waals surface area contributed by atoms with Crippen molar-refractivity contribution >= 4 is 0 Å². The molecule has 1 aliphatic rings. The second kappa shape index (κ2) is 5.55. The molecule has 0 saturated heterocycles. The van der Waals surface area contributed by atoms with E-state index in [0.29, 0.717) is 5.92 Å². The summed E-state index contributed by atoms with van der Waals surface area (Å²) in [6.45, 7) is 1.08. The third-order valence-corrected chi connectivity index (χ3v) is 3.95. The highest BCUT2D eigenvalue weighted by Gasteiger charge is 2.30. The summed E-state index contributed by atoms with van der Waals surface area (Å²) in [6, 6.07) is 19.2. The predicted molar refractivity (Wildman–Crippen MR) is 76.7 cm³/mol. The first-order chi connectivity index (χ1) is 9.38. The Morgan fingerprint density at radius 3 is 2.53 bits per heavy atom. The third kappa shape index (κ3) is 2.55. The number of aliphatic hydroxyl groups is 1. The minimum absolute atomic E-state index is 0.237. The Morgan fingerprint density at radius 1 is 1.00 bits per heavy atom. The van der Waals surface area contributed by atoms with Crippen LogP contribution in [0.5, 0.6) is 0 Å². The molecule has 1 aliphatic carbocycles. The number of hydrogen-bond acceptors (Lipinski definition) is 2. The van der Waals surface area contributed by atoms with Crippen LogP contribution < -0.4 is 5.32 Å². The third-order valence-electron chi connectivity index (χ3n) is 3.95. The number of aliphatic hydroxyl groups excluding tert-OH is 1. The Hall–Kier alpha value is -1.64. The van der Waals surface area contributed by atoms with Crippen molar-refractivity contribution < 1.29 is 5.11 Å². The molecular weight excluding hydrogens is 234 g/mol. The fourth-order valence-electron chi connectivity index (χ4n) is 2.95. The lowest BCUT2D eigenvalue weighted by atomic mass is 10.0. The van der Waals surface area contributed by atoms with Crippen LogP contribution in [0, 0.1) is 5.92 Å². The van der Waals surface area contributed by atoms with Crippen LogP contribution in [-0.4, -0.2) is 11.7 Å². The molecule has 2 nitrogen and oxygen atoms in total.